The zero-order chi connectivity index (χ0) is 36.3. The summed E-state index contributed by atoms with van der Waals surface area (Å²) < 4.78 is 9.31. The van der Waals surface area contributed by atoms with Crippen molar-refractivity contribution in [2.75, 3.05) is 4.90 Å². The molecule has 0 unspecified atom stereocenters. The molecular formula is C50H31N3OS. The largest absolute Gasteiger partial charge is 0.452 e. The van der Waals surface area contributed by atoms with Crippen LogP contribution in [0.4, 0.5) is 17.1 Å². The molecule has 0 spiro atoms. The summed E-state index contributed by atoms with van der Waals surface area (Å²) in [6.07, 6.45) is 0. The highest BCUT2D eigenvalue weighted by atomic mass is 32.1. The summed E-state index contributed by atoms with van der Waals surface area (Å²) >= 11 is 1.83. The average Bonchev–Trinajstić information content (AvgIpc) is 3.66. The first-order valence-corrected chi connectivity index (χ1v) is 19.2. The Bertz CT molecular complexity index is 3010. The van der Waals surface area contributed by atoms with Gasteiger partial charge in [-0.25, -0.2) is 9.97 Å². The minimum absolute atomic E-state index is 0.707. The topological polar surface area (TPSA) is 38.2 Å². The predicted octanol–water partition coefficient (Wildman–Crippen LogP) is 14.2. The molecular weight excluding hydrogens is 691 g/mol. The standard InChI is InChI=1S/C50H31N3OS/c1-3-14-33(15-4-1)41-31-42(52-50(51-41)34-16-5-2-6-17-34)36-19-13-18-35(30-36)32-26-28-37(29-27-32)53-43-23-10-11-24-44(43)54-48-39-21-8-7-20-38(39)46-40-22-9-12-25-45(40)55-49(46)47(48)53/h1-31H. The van der Waals surface area contributed by atoms with Crippen molar-refractivity contribution in [3.05, 3.63) is 188 Å². The first-order valence-electron chi connectivity index (χ1n) is 18.4. The van der Waals surface area contributed by atoms with Crippen LogP contribution in [0.3, 0.4) is 0 Å². The number of rotatable bonds is 5. The highest BCUT2D eigenvalue weighted by molar-refractivity contribution is 7.26. The SMILES string of the molecule is c1ccc(-c2cc(-c3cccc(-c4ccc(N5c6ccccc6Oc6c5c5sc7ccccc7c5c5ccccc65)cc4)c3)nc(-c3ccccc3)n2)cc1. The number of thiophene rings is 1. The van der Waals surface area contributed by atoms with E-state index in [-0.39, 0.29) is 0 Å². The quantitative estimate of drug-likeness (QED) is 0.177. The van der Waals surface area contributed by atoms with E-state index in [2.05, 4.69) is 150 Å². The van der Waals surface area contributed by atoms with E-state index >= 15 is 0 Å². The Morgan fingerprint density at radius 2 is 1.07 bits per heavy atom. The third-order valence-electron chi connectivity index (χ3n) is 10.5. The molecule has 0 fully saturated rings. The van der Waals surface area contributed by atoms with Gasteiger partial charge >= 0.3 is 0 Å². The number of benzene rings is 8. The van der Waals surface area contributed by atoms with Crippen molar-refractivity contribution in [3.63, 3.8) is 0 Å². The first kappa shape index (κ1) is 31.4. The molecule has 1 aliphatic rings. The van der Waals surface area contributed by atoms with Crippen molar-refractivity contribution in [3.8, 4) is 56.5 Å². The van der Waals surface area contributed by atoms with Crippen LogP contribution in [0, 0.1) is 0 Å². The number of nitrogens with zero attached hydrogens (tertiary/aromatic N) is 3. The summed E-state index contributed by atoms with van der Waals surface area (Å²) in [5, 5.41) is 4.86. The van der Waals surface area contributed by atoms with Crippen molar-refractivity contribution < 1.29 is 4.74 Å². The third-order valence-corrected chi connectivity index (χ3v) is 11.6. The van der Waals surface area contributed by atoms with E-state index in [1.165, 1.54) is 25.6 Å². The maximum Gasteiger partial charge on any atom is 0.160 e. The Morgan fingerprint density at radius 3 is 1.87 bits per heavy atom. The molecule has 0 saturated carbocycles. The van der Waals surface area contributed by atoms with Gasteiger partial charge in [0, 0.05) is 43.2 Å². The maximum atomic E-state index is 6.82. The molecule has 11 rings (SSSR count). The van der Waals surface area contributed by atoms with Gasteiger partial charge in [0.15, 0.2) is 17.3 Å². The summed E-state index contributed by atoms with van der Waals surface area (Å²) in [7, 11) is 0. The number of hydrogen-bond acceptors (Lipinski definition) is 5. The fourth-order valence-corrected chi connectivity index (χ4v) is 9.12. The van der Waals surface area contributed by atoms with Crippen LogP contribution in [0.15, 0.2) is 188 Å². The van der Waals surface area contributed by atoms with Crippen LogP contribution in [-0.2, 0) is 0 Å². The van der Waals surface area contributed by atoms with E-state index < -0.39 is 0 Å². The first-order chi connectivity index (χ1) is 27.3. The molecule has 0 atom stereocenters. The molecule has 258 valence electrons. The fraction of sp³-hybridized carbons (Fsp3) is 0. The number of aromatic nitrogens is 2. The minimum atomic E-state index is 0.707. The van der Waals surface area contributed by atoms with Gasteiger partial charge in [0.25, 0.3) is 0 Å². The Balaban J connectivity index is 1.03. The van der Waals surface area contributed by atoms with Crippen molar-refractivity contribution in [2.24, 2.45) is 0 Å². The average molecular weight is 722 g/mol. The lowest BCUT2D eigenvalue weighted by Crippen LogP contribution is -2.16. The van der Waals surface area contributed by atoms with Gasteiger partial charge in [-0.1, -0.05) is 146 Å². The highest BCUT2D eigenvalue weighted by Gasteiger charge is 2.31. The van der Waals surface area contributed by atoms with Crippen LogP contribution in [0.1, 0.15) is 0 Å². The molecule has 3 heterocycles. The zero-order valence-electron chi connectivity index (χ0n) is 29.6. The van der Waals surface area contributed by atoms with E-state index in [1.54, 1.807) is 0 Å². The summed E-state index contributed by atoms with van der Waals surface area (Å²) in [4.78, 5) is 12.5. The van der Waals surface area contributed by atoms with E-state index in [4.69, 9.17) is 14.7 Å². The molecule has 10 aromatic rings. The van der Waals surface area contributed by atoms with E-state index in [9.17, 15) is 0 Å². The van der Waals surface area contributed by atoms with Gasteiger partial charge in [-0.2, -0.15) is 0 Å². The molecule has 2 aromatic heterocycles. The molecule has 0 saturated heterocycles. The van der Waals surface area contributed by atoms with Gasteiger partial charge in [0.05, 0.1) is 21.8 Å². The van der Waals surface area contributed by atoms with Crippen LogP contribution < -0.4 is 9.64 Å². The molecule has 0 N–H and O–H groups in total. The van der Waals surface area contributed by atoms with Gasteiger partial charge in [0.2, 0.25) is 0 Å². The molecule has 55 heavy (non-hydrogen) atoms. The monoisotopic (exact) mass is 721 g/mol. The fourth-order valence-electron chi connectivity index (χ4n) is 7.87. The zero-order valence-corrected chi connectivity index (χ0v) is 30.4. The summed E-state index contributed by atoms with van der Waals surface area (Å²) in [6.45, 7) is 0. The Morgan fingerprint density at radius 1 is 0.455 bits per heavy atom. The number of ether oxygens (including phenoxy) is 1. The number of hydrogen-bond donors (Lipinski definition) is 0. The number of para-hydroxylation sites is 2. The second-order valence-corrected chi connectivity index (χ2v) is 14.8. The van der Waals surface area contributed by atoms with Gasteiger partial charge < -0.3 is 9.64 Å². The lowest BCUT2D eigenvalue weighted by Gasteiger charge is -2.34. The van der Waals surface area contributed by atoms with Gasteiger partial charge in [0.1, 0.15) is 5.69 Å². The Labute approximate surface area is 322 Å². The van der Waals surface area contributed by atoms with Crippen LogP contribution in [0.25, 0.3) is 76.0 Å². The van der Waals surface area contributed by atoms with Crippen LogP contribution >= 0.6 is 11.3 Å². The molecule has 4 nitrogen and oxygen atoms in total. The molecule has 0 bridgehead atoms. The lowest BCUT2D eigenvalue weighted by atomic mass is 9.98. The molecule has 0 amide bonds. The van der Waals surface area contributed by atoms with E-state index in [1.807, 2.05) is 53.8 Å². The van der Waals surface area contributed by atoms with E-state index in [0.29, 0.717) is 5.82 Å². The van der Waals surface area contributed by atoms with Crippen molar-refractivity contribution in [1.29, 1.82) is 0 Å². The van der Waals surface area contributed by atoms with Crippen molar-refractivity contribution in [1.82, 2.24) is 9.97 Å². The van der Waals surface area contributed by atoms with Crippen LogP contribution in [0.2, 0.25) is 0 Å². The molecule has 1 aliphatic heterocycles. The van der Waals surface area contributed by atoms with E-state index in [0.717, 1.165) is 73.2 Å². The Hall–Kier alpha value is -7.08. The molecule has 0 radical (unpaired) electrons. The normalized spacial score (nSPS) is 12.1. The summed E-state index contributed by atoms with van der Waals surface area (Å²) in [5.74, 6) is 2.44. The summed E-state index contributed by atoms with van der Waals surface area (Å²) in [6, 6.07) is 65.8. The van der Waals surface area contributed by atoms with Gasteiger partial charge in [-0.3, -0.25) is 0 Å². The molecule has 5 heteroatoms. The second-order valence-electron chi connectivity index (χ2n) is 13.8. The van der Waals surface area contributed by atoms with Crippen molar-refractivity contribution in [2.45, 2.75) is 0 Å². The van der Waals surface area contributed by atoms with Crippen LogP contribution in [0.5, 0.6) is 11.5 Å². The molecule has 0 aliphatic carbocycles. The second kappa shape index (κ2) is 12.8. The predicted molar refractivity (Wildman–Crippen MR) is 229 cm³/mol. The lowest BCUT2D eigenvalue weighted by molar-refractivity contribution is 0.483. The van der Waals surface area contributed by atoms with Crippen LogP contribution in [-0.4, -0.2) is 9.97 Å². The Kier molecular flexibility index (Phi) is 7.32. The minimum Gasteiger partial charge on any atom is -0.452 e. The van der Waals surface area contributed by atoms with Crippen molar-refractivity contribution >= 4 is 59.3 Å². The summed E-state index contributed by atoms with van der Waals surface area (Å²) in [5.41, 5.74) is 10.3. The number of fused-ring (bicyclic) bond motifs is 9. The van der Waals surface area contributed by atoms with Gasteiger partial charge in [-0.15, -0.1) is 11.3 Å². The van der Waals surface area contributed by atoms with Gasteiger partial charge in [-0.05, 0) is 59.0 Å². The maximum absolute atomic E-state index is 6.82. The smallest absolute Gasteiger partial charge is 0.160 e. The number of anilines is 3. The molecule has 8 aromatic carbocycles. The third kappa shape index (κ3) is 5.28. The highest BCUT2D eigenvalue weighted by Crippen LogP contribution is 2.58.